The van der Waals surface area contributed by atoms with Crippen molar-refractivity contribution in [2.45, 2.75) is 83.3 Å². The topological polar surface area (TPSA) is 15.3 Å². The van der Waals surface area contributed by atoms with Crippen molar-refractivity contribution in [3.63, 3.8) is 0 Å². The van der Waals surface area contributed by atoms with Crippen molar-refractivity contribution in [3.8, 4) is 0 Å². The Hall–Kier alpha value is -0.0800. The van der Waals surface area contributed by atoms with Crippen molar-refractivity contribution in [3.05, 3.63) is 0 Å². The number of piperidine rings is 1. The lowest BCUT2D eigenvalue weighted by Gasteiger charge is -2.48. The summed E-state index contributed by atoms with van der Waals surface area (Å²) >= 11 is 0. The second-order valence-electron chi connectivity index (χ2n) is 7.47. The first kappa shape index (κ1) is 13.9. The third kappa shape index (κ3) is 3.00. The van der Waals surface area contributed by atoms with Crippen molar-refractivity contribution in [1.82, 2.24) is 10.2 Å². The molecule has 1 N–H and O–H groups in total. The van der Waals surface area contributed by atoms with E-state index in [0.29, 0.717) is 0 Å². The molecule has 1 aliphatic carbocycles. The van der Waals surface area contributed by atoms with Gasteiger partial charge in [0, 0.05) is 18.1 Å². The molecule has 5 unspecified atom stereocenters. The summed E-state index contributed by atoms with van der Waals surface area (Å²) in [6, 6.07) is 2.52. The van der Waals surface area contributed by atoms with Crippen LogP contribution in [-0.4, -0.2) is 36.1 Å². The predicted octanol–water partition coefficient (Wildman–Crippen LogP) is 3.42. The quantitative estimate of drug-likeness (QED) is 0.822. The molecular formula is C17H32N2. The third-order valence-corrected chi connectivity index (χ3v) is 5.97. The van der Waals surface area contributed by atoms with Crippen LogP contribution in [0.5, 0.6) is 0 Å². The van der Waals surface area contributed by atoms with E-state index in [-0.39, 0.29) is 0 Å². The average Bonchev–Trinajstić information content (AvgIpc) is 2.93. The molecule has 2 heterocycles. The number of rotatable bonds is 2. The van der Waals surface area contributed by atoms with Gasteiger partial charge in [-0.05, 0) is 69.9 Å². The number of hydrogen-bond acceptors (Lipinski definition) is 2. The van der Waals surface area contributed by atoms with E-state index < -0.39 is 0 Å². The molecular weight excluding hydrogens is 232 g/mol. The Morgan fingerprint density at radius 3 is 2.53 bits per heavy atom. The Morgan fingerprint density at radius 1 is 0.895 bits per heavy atom. The molecule has 3 aliphatic rings. The maximum atomic E-state index is 3.78. The zero-order valence-electron chi connectivity index (χ0n) is 12.9. The molecule has 0 bridgehead atoms. The first-order valence-electron chi connectivity index (χ1n) is 8.75. The Kier molecular flexibility index (Phi) is 4.48. The molecule has 0 aromatic heterocycles. The highest BCUT2D eigenvalue weighted by Crippen LogP contribution is 2.36. The Balaban J connectivity index is 1.68. The molecule has 0 amide bonds. The molecule has 3 rings (SSSR count). The van der Waals surface area contributed by atoms with Crippen LogP contribution in [-0.2, 0) is 0 Å². The van der Waals surface area contributed by atoms with E-state index in [1.165, 1.54) is 64.5 Å². The van der Waals surface area contributed by atoms with Crippen LogP contribution < -0.4 is 5.32 Å². The Morgan fingerprint density at radius 2 is 1.79 bits per heavy atom. The molecule has 0 radical (unpaired) electrons. The summed E-state index contributed by atoms with van der Waals surface area (Å²) in [6.07, 6.45) is 11.5. The summed E-state index contributed by atoms with van der Waals surface area (Å²) in [6.45, 7) is 7.57. The molecule has 0 aromatic rings. The summed E-state index contributed by atoms with van der Waals surface area (Å²) in [5.41, 5.74) is 0. The Labute approximate surface area is 119 Å². The first-order valence-corrected chi connectivity index (χ1v) is 8.75. The Bertz CT molecular complexity index is 285. The van der Waals surface area contributed by atoms with E-state index >= 15 is 0 Å². The van der Waals surface area contributed by atoms with Crippen LogP contribution in [0.1, 0.15) is 65.2 Å². The predicted molar refractivity (Wildman–Crippen MR) is 81.3 cm³/mol. The lowest BCUT2D eigenvalue weighted by Crippen LogP contribution is -2.56. The van der Waals surface area contributed by atoms with Crippen LogP contribution in [0.25, 0.3) is 0 Å². The highest BCUT2D eigenvalue weighted by molar-refractivity contribution is 4.95. The maximum Gasteiger partial charge on any atom is 0.0252 e. The minimum absolute atomic E-state index is 0.798. The van der Waals surface area contributed by atoms with Gasteiger partial charge in [-0.15, -0.1) is 0 Å². The van der Waals surface area contributed by atoms with Gasteiger partial charge in [-0.2, -0.15) is 0 Å². The minimum atomic E-state index is 0.798. The van der Waals surface area contributed by atoms with Gasteiger partial charge in [0.2, 0.25) is 0 Å². The molecule has 110 valence electrons. The van der Waals surface area contributed by atoms with E-state index in [2.05, 4.69) is 24.1 Å². The third-order valence-electron chi connectivity index (χ3n) is 5.97. The van der Waals surface area contributed by atoms with E-state index in [1.807, 2.05) is 0 Å². The van der Waals surface area contributed by atoms with Gasteiger partial charge in [0.25, 0.3) is 0 Å². The van der Waals surface area contributed by atoms with Gasteiger partial charge in [-0.3, -0.25) is 4.90 Å². The molecule has 1 saturated carbocycles. The second kappa shape index (κ2) is 6.13. The van der Waals surface area contributed by atoms with Crippen LogP contribution in [0.15, 0.2) is 0 Å². The largest absolute Gasteiger partial charge is 0.312 e. The fourth-order valence-corrected chi connectivity index (χ4v) is 5.01. The van der Waals surface area contributed by atoms with Gasteiger partial charge in [0.1, 0.15) is 0 Å². The van der Waals surface area contributed by atoms with E-state index in [4.69, 9.17) is 0 Å². The molecule has 0 spiro atoms. The zero-order valence-corrected chi connectivity index (χ0v) is 12.9. The van der Waals surface area contributed by atoms with Crippen molar-refractivity contribution in [1.29, 1.82) is 0 Å². The van der Waals surface area contributed by atoms with Crippen LogP contribution in [0, 0.1) is 11.8 Å². The number of hydrogen-bond donors (Lipinski definition) is 1. The molecule has 3 fully saturated rings. The first-order chi connectivity index (χ1) is 9.25. The molecule has 2 saturated heterocycles. The molecule has 0 aromatic carbocycles. The summed E-state index contributed by atoms with van der Waals surface area (Å²) in [5, 5.41) is 3.78. The van der Waals surface area contributed by atoms with E-state index in [9.17, 15) is 0 Å². The van der Waals surface area contributed by atoms with Gasteiger partial charge in [-0.1, -0.05) is 20.3 Å². The molecule has 2 nitrogen and oxygen atoms in total. The molecule has 5 atom stereocenters. The van der Waals surface area contributed by atoms with Crippen molar-refractivity contribution in [2.24, 2.45) is 11.8 Å². The number of likely N-dealkylation sites (tertiary alicyclic amines) is 1. The fourth-order valence-electron chi connectivity index (χ4n) is 5.01. The highest BCUT2D eigenvalue weighted by atomic mass is 15.2. The lowest BCUT2D eigenvalue weighted by molar-refractivity contribution is 0.0203. The lowest BCUT2D eigenvalue weighted by atomic mass is 9.77. The van der Waals surface area contributed by atoms with Gasteiger partial charge >= 0.3 is 0 Å². The molecule has 2 heteroatoms. The van der Waals surface area contributed by atoms with Crippen LogP contribution in [0.4, 0.5) is 0 Å². The second-order valence-corrected chi connectivity index (χ2v) is 7.47. The molecule has 19 heavy (non-hydrogen) atoms. The normalized spacial score (nSPS) is 45.5. The SMILES string of the molecule is CC1CCC(N2CCCCC2C2CCCN2)C(C)C1. The summed E-state index contributed by atoms with van der Waals surface area (Å²) in [7, 11) is 0. The fraction of sp³-hybridized carbons (Fsp3) is 1.00. The summed E-state index contributed by atoms with van der Waals surface area (Å²) in [4.78, 5) is 2.93. The van der Waals surface area contributed by atoms with E-state index in [1.54, 1.807) is 0 Å². The number of nitrogens with zero attached hydrogens (tertiary/aromatic N) is 1. The van der Waals surface area contributed by atoms with Crippen LogP contribution in [0.2, 0.25) is 0 Å². The highest BCUT2D eigenvalue weighted by Gasteiger charge is 2.38. The van der Waals surface area contributed by atoms with Gasteiger partial charge in [-0.25, -0.2) is 0 Å². The van der Waals surface area contributed by atoms with Crippen molar-refractivity contribution < 1.29 is 0 Å². The monoisotopic (exact) mass is 264 g/mol. The standard InChI is InChI=1S/C17H32N2/c1-13-8-9-16(14(2)12-13)19-11-4-3-7-17(19)15-6-5-10-18-15/h13-18H,3-12H2,1-2H3. The van der Waals surface area contributed by atoms with Crippen molar-refractivity contribution in [2.75, 3.05) is 13.1 Å². The number of nitrogens with one attached hydrogen (secondary N) is 1. The van der Waals surface area contributed by atoms with E-state index in [0.717, 1.165) is 30.0 Å². The van der Waals surface area contributed by atoms with Crippen LogP contribution >= 0.6 is 0 Å². The van der Waals surface area contributed by atoms with Gasteiger partial charge < -0.3 is 5.32 Å². The molecule has 2 aliphatic heterocycles. The zero-order chi connectivity index (χ0) is 13.2. The maximum absolute atomic E-state index is 3.78. The minimum Gasteiger partial charge on any atom is -0.312 e. The summed E-state index contributed by atoms with van der Waals surface area (Å²) < 4.78 is 0. The van der Waals surface area contributed by atoms with Crippen molar-refractivity contribution >= 4 is 0 Å². The smallest absolute Gasteiger partial charge is 0.0252 e. The average molecular weight is 264 g/mol. The van der Waals surface area contributed by atoms with Gasteiger partial charge in [0.15, 0.2) is 0 Å². The van der Waals surface area contributed by atoms with Gasteiger partial charge in [0.05, 0.1) is 0 Å². The summed E-state index contributed by atoms with van der Waals surface area (Å²) in [5.74, 6) is 1.87. The van der Waals surface area contributed by atoms with Crippen LogP contribution in [0.3, 0.4) is 0 Å².